The number of rotatable bonds is 3. The van der Waals surface area contributed by atoms with Crippen LogP contribution in [0.25, 0.3) is 11.3 Å². The van der Waals surface area contributed by atoms with Crippen molar-refractivity contribution in [3.8, 4) is 11.3 Å². The van der Waals surface area contributed by atoms with Gasteiger partial charge in [-0.15, -0.1) is 0 Å². The first-order chi connectivity index (χ1) is 10.7. The minimum absolute atomic E-state index is 0.0267. The molecule has 1 fully saturated rings. The third-order valence-corrected chi connectivity index (χ3v) is 4.12. The van der Waals surface area contributed by atoms with Crippen LogP contribution in [0.15, 0.2) is 18.3 Å². The van der Waals surface area contributed by atoms with Gasteiger partial charge in [0.1, 0.15) is 5.82 Å². The Kier molecular flexibility index (Phi) is 3.65. The lowest BCUT2D eigenvalue weighted by molar-refractivity contribution is 0.359. The van der Waals surface area contributed by atoms with Crippen LogP contribution in [0.4, 0.5) is 18.9 Å². The lowest BCUT2D eigenvalue weighted by Crippen LogP contribution is -2.25. The van der Waals surface area contributed by atoms with Crippen LogP contribution in [0.3, 0.4) is 0 Å². The van der Waals surface area contributed by atoms with E-state index in [-0.39, 0.29) is 5.56 Å². The second-order valence-electron chi connectivity index (χ2n) is 7.05. The first-order valence-electron chi connectivity index (χ1n) is 7.66. The fraction of sp³-hybridized carbons (Fsp3) is 0.471. The summed E-state index contributed by atoms with van der Waals surface area (Å²) in [5, 5.41) is 4.38. The second-order valence-corrected chi connectivity index (χ2v) is 7.05. The summed E-state index contributed by atoms with van der Waals surface area (Å²) < 4.78 is 43.0. The Balaban J connectivity index is 2.23. The van der Waals surface area contributed by atoms with E-state index in [1.54, 1.807) is 10.9 Å². The monoisotopic (exact) mass is 323 g/mol. The summed E-state index contributed by atoms with van der Waals surface area (Å²) >= 11 is 0. The molecule has 1 aromatic carbocycles. The number of nitrogens with zero attached hydrogens (tertiary/aromatic N) is 3. The van der Waals surface area contributed by atoms with Gasteiger partial charge in [0, 0.05) is 24.7 Å². The zero-order chi connectivity index (χ0) is 16.9. The largest absolute Gasteiger partial charge is 0.369 e. The van der Waals surface area contributed by atoms with Crippen molar-refractivity contribution in [3.05, 3.63) is 35.8 Å². The van der Waals surface area contributed by atoms with E-state index in [0.29, 0.717) is 17.8 Å². The molecule has 0 aliphatic heterocycles. The molecule has 1 aliphatic carbocycles. The molecule has 1 aromatic heterocycles. The summed E-state index contributed by atoms with van der Waals surface area (Å²) in [5.41, 5.74) is 0.810. The fourth-order valence-corrected chi connectivity index (χ4v) is 2.72. The van der Waals surface area contributed by atoms with Crippen molar-refractivity contribution in [1.82, 2.24) is 9.78 Å². The molecule has 0 bridgehead atoms. The summed E-state index contributed by atoms with van der Waals surface area (Å²) in [5.74, 6) is -3.05. The molecule has 0 atom stereocenters. The van der Waals surface area contributed by atoms with Gasteiger partial charge in [0.2, 0.25) is 0 Å². The summed E-state index contributed by atoms with van der Waals surface area (Å²) in [7, 11) is 1.92. The summed E-state index contributed by atoms with van der Waals surface area (Å²) in [6.07, 6.45) is 3.80. The summed E-state index contributed by atoms with van der Waals surface area (Å²) in [4.78, 5) is 2.03. The van der Waals surface area contributed by atoms with Gasteiger partial charge in [-0.3, -0.25) is 4.68 Å². The number of hydrogen-bond acceptors (Lipinski definition) is 2. The van der Waals surface area contributed by atoms with Gasteiger partial charge in [-0.1, -0.05) is 0 Å². The van der Waals surface area contributed by atoms with Crippen LogP contribution in [-0.2, 0) is 5.54 Å². The van der Waals surface area contributed by atoms with Crippen LogP contribution >= 0.6 is 0 Å². The SMILES string of the molecule is CN(c1cnn(C(C)(C)C)c1-c1cc(F)c(F)cc1F)C1CC1. The van der Waals surface area contributed by atoms with E-state index in [2.05, 4.69) is 5.10 Å². The predicted molar refractivity (Wildman–Crippen MR) is 84.0 cm³/mol. The van der Waals surface area contributed by atoms with Gasteiger partial charge in [0.25, 0.3) is 0 Å². The number of anilines is 1. The molecule has 0 unspecified atom stereocenters. The minimum atomic E-state index is -1.19. The van der Waals surface area contributed by atoms with Gasteiger partial charge in [0.15, 0.2) is 11.6 Å². The van der Waals surface area contributed by atoms with E-state index in [9.17, 15) is 13.2 Å². The van der Waals surface area contributed by atoms with Crippen LogP contribution in [0.5, 0.6) is 0 Å². The van der Waals surface area contributed by atoms with E-state index in [4.69, 9.17) is 0 Å². The quantitative estimate of drug-likeness (QED) is 0.784. The summed E-state index contributed by atoms with van der Waals surface area (Å²) in [6, 6.07) is 1.89. The smallest absolute Gasteiger partial charge is 0.161 e. The maximum absolute atomic E-state index is 14.4. The number of aromatic nitrogens is 2. The van der Waals surface area contributed by atoms with Gasteiger partial charge in [-0.2, -0.15) is 5.10 Å². The van der Waals surface area contributed by atoms with E-state index in [1.807, 2.05) is 32.7 Å². The zero-order valence-corrected chi connectivity index (χ0v) is 13.7. The Hall–Kier alpha value is -1.98. The molecule has 0 amide bonds. The molecule has 6 heteroatoms. The first kappa shape index (κ1) is 15.9. The van der Waals surface area contributed by atoms with Crippen LogP contribution in [0, 0.1) is 17.5 Å². The third-order valence-electron chi connectivity index (χ3n) is 4.12. The van der Waals surface area contributed by atoms with Gasteiger partial charge >= 0.3 is 0 Å². The zero-order valence-electron chi connectivity index (χ0n) is 13.7. The van der Waals surface area contributed by atoms with Crippen molar-refractivity contribution in [1.29, 1.82) is 0 Å². The number of benzene rings is 1. The highest BCUT2D eigenvalue weighted by molar-refractivity contribution is 5.76. The molecule has 1 saturated carbocycles. The third kappa shape index (κ3) is 2.82. The van der Waals surface area contributed by atoms with E-state index < -0.39 is 23.0 Å². The van der Waals surface area contributed by atoms with Crippen molar-refractivity contribution in [2.24, 2.45) is 0 Å². The molecule has 3 nitrogen and oxygen atoms in total. The predicted octanol–water partition coefficient (Wildman–Crippen LogP) is 4.32. The lowest BCUT2D eigenvalue weighted by atomic mass is 10.0. The lowest BCUT2D eigenvalue weighted by Gasteiger charge is -2.25. The molecule has 2 aromatic rings. The van der Waals surface area contributed by atoms with Gasteiger partial charge in [0.05, 0.1) is 23.1 Å². The Morgan fingerprint density at radius 3 is 2.26 bits per heavy atom. The van der Waals surface area contributed by atoms with Crippen molar-refractivity contribution >= 4 is 5.69 Å². The van der Waals surface area contributed by atoms with Crippen molar-refractivity contribution in [2.45, 2.75) is 45.2 Å². The maximum atomic E-state index is 14.4. The molecule has 3 rings (SSSR count). The van der Waals surface area contributed by atoms with Crippen LogP contribution in [-0.4, -0.2) is 22.9 Å². The van der Waals surface area contributed by atoms with Gasteiger partial charge in [-0.25, -0.2) is 13.2 Å². The molecule has 0 radical (unpaired) electrons. The summed E-state index contributed by atoms with van der Waals surface area (Å²) in [6.45, 7) is 5.80. The normalized spacial score (nSPS) is 15.1. The Labute approximate surface area is 133 Å². The van der Waals surface area contributed by atoms with E-state index >= 15 is 0 Å². The number of hydrogen-bond donors (Lipinski definition) is 0. The first-order valence-corrected chi connectivity index (χ1v) is 7.66. The van der Waals surface area contributed by atoms with Crippen molar-refractivity contribution < 1.29 is 13.2 Å². The Morgan fingerprint density at radius 1 is 1.09 bits per heavy atom. The highest BCUT2D eigenvalue weighted by atomic mass is 19.2. The van der Waals surface area contributed by atoms with E-state index in [1.165, 1.54) is 0 Å². The Bertz CT molecular complexity index is 742. The average molecular weight is 323 g/mol. The van der Waals surface area contributed by atoms with E-state index in [0.717, 1.165) is 24.6 Å². The van der Waals surface area contributed by atoms with Crippen LogP contribution < -0.4 is 4.90 Å². The molecular weight excluding hydrogens is 303 g/mol. The molecule has 0 N–H and O–H groups in total. The maximum Gasteiger partial charge on any atom is 0.161 e. The molecule has 23 heavy (non-hydrogen) atoms. The van der Waals surface area contributed by atoms with Crippen molar-refractivity contribution in [2.75, 3.05) is 11.9 Å². The highest BCUT2D eigenvalue weighted by Crippen LogP contribution is 2.40. The molecule has 124 valence electrons. The van der Waals surface area contributed by atoms with Crippen molar-refractivity contribution in [3.63, 3.8) is 0 Å². The average Bonchev–Trinajstić information content (AvgIpc) is 3.19. The van der Waals surface area contributed by atoms with Crippen LogP contribution in [0.1, 0.15) is 33.6 Å². The van der Waals surface area contributed by atoms with Crippen LogP contribution in [0.2, 0.25) is 0 Å². The molecule has 0 spiro atoms. The second kappa shape index (κ2) is 5.28. The topological polar surface area (TPSA) is 21.1 Å². The molecule has 1 aliphatic rings. The van der Waals surface area contributed by atoms with Gasteiger partial charge < -0.3 is 4.90 Å². The highest BCUT2D eigenvalue weighted by Gasteiger charge is 2.32. The van der Waals surface area contributed by atoms with Gasteiger partial charge in [-0.05, 0) is 39.7 Å². The molecular formula is C17H20F3N3. The fourth-order valence-electron chi connectivity index (χ4n) is 2.72. The number of halogens is 3. The molecule has 0 saturated heterocycles. The Morgan fingerprint density at radius 2 is 1.70 bits per heavy atom. The molecule has 1 heterocycles. The standard InChI is InChI=1S/C17H20F3N3/c1-17(2,3)23-16(11-7-13(19)14(20)8-12(11)18)15(9-21-23)22(4)10-5-6-10/h7-10H,5-6H2,1-4H3. The minimum Gasteiger partial charge on any atom is -0.369 e.